The van der Waals surface area contributed by atoms with Gasteiger partial charge in [0.05, 0.1) is 11.1 Å². The van der Waals surface area contributed by atoms with Crippen molar-refractivity contribution in [1.29, 1.82) is 0 Å². The van der Waals surface area contributed by atoms with E-state index in [0.717, 1.165) is 19.3 Å². The SMILES string of the molecule is Cc1cc(C(=O)O)c(C[C@H](C)CCCC(C)C)c(C(=O)O)c1. The Morgan fingerprint density at radius 1 is 1.00 bits per heavy atom. The number of hydrogen-bond acceptors (Lipinski definition) is 2. The zero-order chi connectivity index (χ0) is 16.9. The molecule has 0 fully saturated rings. The van der Waals surface area contributed by atoms with Gasteiger partial charge in [-0.15, -0.1) is 0 Å². The molecule has 0 aliphatic heterocycles. The second-order valence-corrected chi connectivity index (χ2v) is 6.58. The molecule has 0 amide bonds. The van der Waals surface area contributed by atoms with Crippen molar-refractivity contribution in [2.45, 2.75) is 53.4 Å². The lowest BCUT2D eigenvalue weighted by molar-refractivity contribution is 0.0695. The van der Waals surface area contributed by atoms with Gasteiger partial charge in [0.25, 0.3) is 0 Å². The summed E-state index contributed by atoms with van der Waals surface area (Å²) in [7, 11) is 0. The highest BCUT2D eigenvalue weighted by molar-refractivity contribution is 5.97. The Hall–Kier alpha value is -1.84. The topological polar surface area (TPSA) is 74.6 Å². The van der Waals surface area contributed by atoms with Gasteiger partial charge in [-0.05, 0) is 48.4 Å². The molecule has 0 unspecified atom stereocenters. The molecule has 1 rings (SSSR count). The lowest BCUT2D eigenvalue weighted by Crippen LogP contribution is -2.14. The van der Waals surface area contributed by atoms with E-state index in [1.165, 1.54) is 0 Å². The van der Waals surface area contributed by atoms with Gasteiger partial charge in [-0.3, -0.25) is 0 Å². The fourth-order valence-electron chi connectivity index (χ4n) is 2.74. The molecule has 0 bridgehead atoms. The molecule has 1 aromatic carbocycles. The zero-order valence-corrected chi connectivity index (χ0v) is 13.8. The number of aromatic carboxylic acids is 2. The number of benzene rings is 1. The molecule has 4 nitrogen and oxygen atoms in total. The Bertz CT molecular complexity index is 511. The van der Waals surface area contributed by atoms with E-state index < -0.39 is 11.9 Å². The third-order valence-electron chi connectivity index (χ3n) is 3.89. The largest absolute Gasteiger partial charge is 0.478 e. The number of rotatable bonds is 8. The van der Waals surface area contributed by atoms with Crippen LogP contribution >= 0.6 is 0 Å². The van der Waals surface area contributed by atoms with Gasteiger partial charge in [0.2, 0.25) is 0 Å². The third-order valence-corrected chi connectivity index (χ3v) is 3.89. The first-order valence-electron chi connectivity index (χ1n) is 7.82. The smallest absolute Gasteiger partial charge is 0.335 e. The fourth-order valence-corrected chi connectivity index (χ4v) is 2.74. The standard InChI is InChI=1S/C18H26O4/c1-11(2)6-5-7-12(3)8-14-15(17(19)20)9-13(4)10-16(14)18(21)22/h9-12H,5-8H2,1-4H3,(H,19,20)(H,21,22)/t12-/m1/s1. The molecular weight excluding hydrogens is 280 g/mol. The molecule has 2 N–H and O–H groups in total. The maximum absolute atomic E-state index is 11.4. The second kappa shape index (κ2) is 7.97. The lowest BCUT2D eigenvalue weighted by atomic mass is 9.88. The van der Waals surface area contributed by atoms with Gasteiger partial charge in [0.15, 0.2) is 0 Å². The predicted octanol–water partition coefficient (Wildman–Crippen LogP) is 4.40. The van der Waals surface area contributed by atoms with Gasteiger partial charge >= 0.3 is 11.9 Å². The van der Waals surface area contributed by atoms with E-state index in [1.807, 2.05) is 0 Å². The van der Waals surface area contributed by atoms with Gasteiger partial charge < -0.3 is 10.2 Å². The first-order valence-corrected chi connectivity index (χ1v) is 7.82. The van der Waals surface area contributed by atoms with Crippen molar-refractivity contribution in [3.8, 4) is 0 Å². The summed E-state index contributed by atoms with van der Waals surface area (Å²) >= 11 is 0. The Labute approximate surface area is 132 Å². The van der Waals surface area contributed by atoms with E-state index in [0.29, 0.717) is 23.5 Å². The van der Waals surface area contributed by atoms with Gasteiger partial charge in [0, 0.05) is 0 Å². The molecule has 122 valence electrons. The molecule has 1 aromatic rings. The van der Waals surface area contributed by atoms with Crippen molar-refractivity contribution in [1.82, 2.24) is 0 Å². The summed E-state index contributed by atoms with van der Waals surface area (Å²) in [6.07, 6.45) is 3.68. The van der Waals surface area contributed by atoms with Crippen LogP contribution in [0, 0.1) is 18.8 Å². The van der Waals surface area contributed by atoms with Crippen LogP contribution in [0.1, 0.15) is 71.9 Å². The van der Waals surface area contributed by atoms with Gasteiger partial charge in [0.1, 0.15) is 0 Å². The minimum absolute atomic E-state index is 0.119. The van der Waals surface area contributed by atoms with Gasteiger partial charge in [-0.2, -0.15) is 0 Å². The Balaban J connectivity index is 3.00. The summed E-state index contributed by atoms with van der Waals surface area (Å²) in [5.74, 6) is -1.21. The highest BCUT2D eigenvalue weighted by Gasteiger charge is 2.21. The molecule has 0 aliphatic rings. The van der Waals surface area contributed by atoms with Crippen LogP contribution in [0.5, 0.6) is 0 Å². The van der Waals surface area contributed by atoms with Crippen LogP contribution in [0.15, 0.2) is 12.1 Å². The van der Waals surface area contributed by atoms with Crippen LogP contribution in [-0.2, 0) is 6.42 Å². The Morgan fingerprint density at radius 2 is 1.50 bits per heavy atom. The highest BCUT2D eigenvalue weighted by Crippen LogP contribution is 2.24. The highest BCUT2D eigenvalue weighted by atomic mass is 16.4. The zero-order valence-electron chi connectivity index (χ0n) is 13.8. The van der Waals surface area contributed by atoms with E-state index in [9.17, 15) is 19.8 Å². The van der Waals surface area contributed by atoms with Crippen LogP contribution in [0.25, 0.3) is 0 Å². The molecule has 0 aliphatic carbocycles. The molecular formula is C18H26O4. The van der Waals surface area contributed by atoms with E-state index in [-0.39, 0.29) is 17.0 Å². The predicted molar refractivity (Wildman–Crippen MR) is 86.7 cm³/mol. The van der Waals surface area contributed by atoms with E-state index in [2.05, 4.69) is 20.8 Å². The minimum Gasteiger partial charge on any atom is -0.478 e. The number of carboxylic acid groups (broad SMARTS) is 2. The molecule has 0 spiro atoms. The van der Waals surface area contributed by atoms with Crippen molar-refractivity contribution in [3.05, 3.63) is 34.4 Å². The first kappa shape index (κ1) is 18.2. The minimum atomic E-state index is -1.06. The number of aryl methyl sites for hydroxylation is 1. The third kappa shape index (κ3) is 5.17. The van der Waals surface area contributed by atoms with Crippen molar-refractivity contribution < 1.29 is 19.8 Å². The number of hydrogen-bond donors (Lipinski definition) is 2. The molecule has 22 heavy (non-hydrogen) atoms. The van der Waals surface area contributed by atoms with Crippen LogP contribution in [-0.4, -0.2) is 22.2 Å². The van der Waals surface area contributed by atoms with Crippen molar-refractivity contribution >= 4 is 11.9 Å². The van der Waals surface area contributed by atoms with Gasteiger partial charge in [-0.1, -0.05) is 40.0 Å². The average molecular weight is 306 g/mol. The van der Waals surface area contributed by atoms with Crippen molar-refractivity contribution in [2.24, 2.45) is 11.8 Å². The second-order valence-electron chi connectivity index (χ2n) is 6.58. The summed E-state index contributed by atoms with van der Waals surface area (Å²) < 4.78 is 0. The van der Waals surface area contributed by atoms with Crippen molar-refractivity contribution in [3.63, 3.8) is 0 Å². The van der Waals surface area contributed by atoms with Crippen LogP contribution < -0.4 is 0 Å². The van der Waals surface area contributed by atoms with E-state index in [4.69, 9.17) is 0 Å². The summed E-state index contributed by atoms with van der Waals surface area (Å²) in [4.78, 5) is 22.9. The molecule has 4 heteroatoms. The van der Waals surface area contributed by atoms with Crippen LogP contribution in [0.3, 0.4) is 0 Å². The summed E-state index contributed by atoms with van der Waals surface area (Å²) in [6, 6.07) is 3.12. The van der Waals surface area contributed by atoms with E-state index >= 15 is 0 Å². The molecule has 0 saturated heterocycles. The molecule has 0 heterocycles. The summed E-state index contributed by atoms with van der Waals surface area (Å²) in [6.45, 7) is 8.12. The number of carbonyl (C=O) groups is 2. The maximum Gasteiger partial charge on any atom is 0.335 e. The summed E-state index contributed by atoms with van der Waals surface area (Å²) in [5.41, 5.74) is 1.34. The van der Waals surface area contributed by atoms with Crippen LogP contribution in [0.2, 0.25) is 0 Å². The fraction of sp³-hybridized carbons (Fsp3) is 0.556. The lowest BCUT2D eigenvalue weighted by Gasteiger charge is -2.16. The van der Waals surface area contributed by atoms with E-state index in [1.54, 1.807) is 19.1 Å². The normalized spacial score (nSPS) is 12.4. The molecule has 0 radical (unpaired) electrons. The number of carboxylic acids is 2. The molecule has 0 saturated carbocycles. The molecule has 1 atom stereocenters. The van der Waals surface area contributed by atoms with Crippen LogP contribution in [0.4, 0.5) is 0 Å². The average Bonchev–Trinajstić information content (AvgIpc) is 2.39. The monoisotopic (exact) mass is 306 g/mol. The summed E-state index contributed by atoms with van der Waals surface area (Å²) in [5, 5.41) is 18.7. The maximum atomic E-state index is 11.4. The van der Waals surface area contributed by atoms with Gasteiger partial charge in [-0.25, -0.2) is 9.59 Å². The Kier molecular flexibility index (Phi) is 6.60. The first-order chi connectivity index (χ1) is 10.2. The molecule has 0 aromatic heterocycles. The van der Waals surface area contributed by atoms with Crippen molar-refractivity contribution in [2.75, 3.05) is 0 Å². The quantitative estimate of drug-likeness (QED) is 0.746. The Morgan fingerprint density at radius 3 is 1.91 bits per heavy atom.